The molecule has 138 valence electrons. The largest absolute Gasteiger partial charge is 0.622 e. The zero-order chi connectivity index (χ0) is 18.9. The first-order chi connectivity index (χ1) is 12.5. The summed E-state index contributed by atoms with van der Waals surface area (Å²) in [5.74, 6) is 1.08. The van der Waals surface area contributed by atoms with Crippen LogP contribution in [-0.4, -0.2) is 41.0 Å². The van der Waals surface area contributed by atoms with Crippen LogP contribution in [0.5, 0.6) is 11.5 Å². The van der Waals surface area contributed by atoms with Crippen molar-refractivity contribution in [1.29, 1.82) is 0 Å². The molecule has 26 heavy (non-hydrogen) atoms. The van der Waals surface area contributed by atoms with Crippen molar-refractivity contribution in [2.45, 2.75) is 32.0 Å². The Bertz CT molecular complexity index is 822. The second kappa shape index (κ2) is 6.97. The van der Waals surface area contributed by atoms with Crippen LogP contribution in [0, 0.1) is 5.21 Å². The summed E-state index contributed by atoms with van der Waals surface area (Å²) < 4.78 is 11.5. The molecule has 6 heteroatoms. The minimum atomic E-state index is -1.27. The molecule has 0 bridgehead atoms. The summed E-state index contributed by atoms with van der Waals surface area (Å²) in [6.45, 7) is 3.66. The molecule has 0 fully saturated rings. The maximum atomic E-state index is 13.4. The Morgan fingerprint density at radius 3 is 2.35 bits per heavy atom. The number of hydrogen-bond acceptors (Lipinski definition) is 5. The lowest BCUT2D eigenvalue weighted by Crippen LogP contribution is -2.46. The van der Waals surface area contributed by atoms with Crippen LogP contribution >= 0.6 is 0 Å². The van der Waals surface area contributed by atoms with E-state index >= 15 is 0 Å². The summed E-state index contributed by atoms with van der Waals surface area (Å²) in [5, 5.41) is 25.5. The van der Waals surface area contributed by atoms with Crippen molar-refractivity contribution < 1.29 is 19.4 Å². The van der Waals surface area contributed by atoms with Crippen molar-refractivity contribution >= 4 is 5.71 Å². The Morgan fingerprint density at radius 1 is 1.12 bits per heavy atom. The summed E-state index contributed by atoms with van der Waals surface area (Å²) in [7, 11) is 3.10. The highest BCUT2D eigenvalue weighted by atomic mass is 16.6. The second-order valence-corrected chi connectivity index (χ2v) is 6.40. The monoisotopic (exact) mass is 356 g/mol. The van der Waals surface area contributed by atoms with E-state index in [0.717, 1.165) is 15.4 Å². The van der Waals surface area contributed by atoms with Crippen molar-refractivity contribution in [2.75, 3.05) is 14.2 Å². The molecule has 2 atom stereocenters. The van der Waals surface area contributed by atoms with Crippen molar-refractivity contribution in [3.05, 3.63) is 64.9 Å². The predicted octanol–water partition coefficient (Wildman–Crippen LogP) is 3.36. The lowest BCUT2D eigenvalue weighted by atomic mass is 10.00. The van der Waals surface area contributed by atoms with Crippen LogP contribution in [0.2, 0.25) is 0 Å². The van der Waals surface area contributed by atoms with Gasteiger partial charge < -0.3 is 19.9 Å². The number of hydrogen-bond donors (Lipinski definition) is 1. The summed E-state index contributed by atoms with van der Waals surface area (Å²) in [5.41, 5.74) is 0.702. The van der Waals surface area contributed by atoms with Gasteiger partial charge in [0.15, 0.2) is 11.5 Å². The van der Waals surface area contributed by atoms with E-state index in [2.05, 4.69) is 0 Å². The van der Waals surface area contributed by atoms with Gasteiger partial charge in [0.05, 0.1) is 14.2 Å². The summed E-state index contributed by atoms with van der Waals surface area (Å²) in [6.07, 6.45) is 0.600. The molecule has 0 radical (unpaired) electrons. The van der Waals surface area contributed by atoms with E-state index in [0.29, 0.717) is 29.2 Å². The average molecular weight is 356 g/mol. The third kappa shape index (κ3) is 2.62. The fraction of sp³-hybridized carbons (Fsp3) is 0.350. The molecule has 1 aliphatic rings. The highest BCUT2D eigenvalue weighted by Crippen LogP contribution is 2.40. The SMILES string of the molecule is CC[C@@H]1C(c2ccccc2)=[N+]([O-])[C@@](C)(c2ccc(OC)c(OC)c2)N1O. The Hall–Kier alpha value is -2.57. The van der Waals surface area contributed by atoms with Crippen molar-refractivity contribution in [3.63, 3.8) is 0 Å². The van der Waals surface area contributed by atoms with Crippen LogP contribution in [0.4, 0.5) is 0 Å². The molecular formula is C20H24N2O4. The Labute approximate surface area is 153 Å². The van der Waals surface area contributed by atoms with E-state index in [9.17, 15) is 10.4 Å². The van der Waals surface area contributed by atoms with Crippen LogP contribution in [0.1, 0.15) is 31.4 Å². The molecule has 0 spiro atoms. The molecular weight excluding hydrogens is 332 g/mol. The third-order valence-electron chi connectivity index (χ3n) is 5.06. The van der Waals surface area contributed by atoms with Gasteiger partial charge in [0.1, 0.15) is 6.04 Å². The number of methoxy groups -OCH3 is 2. The molecule has 2 aromatic rings. The quantitative estimate of drug-likeness (QED) is 0.657. The minimum Gasteiger partial charge on any atom is -0.622 e. The molecule has 0 aromatic heterocycles. The number of rotatable bonds is 5. The van der Waals surface area contributed by atoms with Gasteiger partial charge in [-0.25, -0.2) is 0 Å². The normalized spacial score (nSPS) is 23.3. The zero-order valence-electron chi connectivity index (χ0n) is 15.5. The van der Waals surface area contributed by atoms with Gasteiger partial charge in [-0.15, -0.1) is 5.06 Å². The smallest absolute Gasteiger partial charge is 0.274 e. The second-order valence-electron chi connectivity index (χ2n) is 6.40. The predicted molar refractivity (Wildman–Crippen MR) is 98.8 cm³/mol. The van der Waals surface area contributed by atoms with E-state index in [4.69, 9.17) is 9.47 Å². The Balaban J connectivity index is 2.18. The standard InChI is InChI=1S/C20H24N2O4/c1-5-16-19(14-9-7-6-8-10-14)22(24)20(2,21(16)23)15-11-12-17(25-3)18(13-15)26-4/h6-13,16,23H,5H2,1-4H3/t16-,20+/m1/s1. The van der Waals surface area contributed by atoms with Gasteiger partial charge in [0, 0.05) is 18.1 Å². The van der Waals surface area contributed by atoms with Gasteiger partial charge in [0.25, 0.3) is 5.66 Å². The topological polar surface area (TPSA) is 68.0 Å². The molecule has 0 unspecified atom stereocenters. The molecule has 0 amide bonds. The van der Waals surface area contributed by atoms with Crippen molar-refractivity contribution in [2.24, 2.45) is 0 Å². The average Bonchev–Trinajstić information content (AvgIpc) is 2.89. The molecule has 1 heterocycles. The first kappa shape index (κ1) is 18.2. The number of benzene rings is 2. The molecule has 1 aliphatic heterocycles. The van der Waals surface area contributed by atoms with E-state index in [1.807, 2.05) is 37.3 Å². The van der Waals surface area contributed by atoms with Gasteiger partial charge in [0.2, 0.25) is 5.71 Å². The van der Waals surface area contributed by atoms with Crippen molar-refractivity contribution in [1.82, 2.24) is 5.06 Å². The highest BCUT2D eigenvalue weighted by molar-refractivity contribution is 6.01. The van der Waals surface area contributed by atoms with Crippen LogP contribution in [0.25, 0.3) is 0 Å². The van der Waals surface area contributed by atoms with Gasteiger partial charge in [-0.3, -0.25) is 0 Å². The molecule has 0 aliphatic carbocycles. The summed E-state index contributed by atoms with van der Waals surface area (Å²) in [4.78, 5) is 0. The molecule has 0 saturated carbocycles. The Kier molecular flexibility index (Phi) is 4.89. The first-order valence-corrected chi connectivity index (χ1v) is 8.59. The molecule has 6 nitrogen and oxygen atoms in total. The van der Waals surface area contributed by atoms with E-state index in [-0.39, 0.29) is 0 Å². The van der Waals surface area contributed by atoms with Crippen LogP contribution < -0.4 is 9.47 Å². The fourth-order valence-corrected chi connectivity index (χ4v) is 3.55. The van der Waals surface area contributed by atoms with Gasteiger partial charge >= 0.3 is 0 Å². The minimum absolute atomic E-state index is 0.409. The zero-order valence-corrected chi connectivity index (χ0v) is 15.5. The Morgan fingerprint density at radius 2 is 1.77 bits per heavy atom. The van der Waals surface area contributed by atoms with Crippen molar-refractivity contribution in [3.8, 4) is 11.5 Å². The lowest BCUT2D eigenvalue weighted by molar-refractivity contribution is -0.595. The summed E-state index contributed by atoms with van der Waals surface area (Å²) >= 11 is 0. The van der Waals surface area contributed by atoms with Gasteiger partial charge in [-0.1, -0.05) is 25.1 Å². The maximum Gasteiger partial charge on any atom is 0.274 e. The van der Waals surface area contributed by atoms with Crippen LogP contribution in [0.15, 0.2) is 48.5 Å². The number of nitrogens with zero attached hydrogens (tertiary/aromatic N) is 2. The summed E-state index contributed by atoms with van der Waals surface area (Å²) in [6, 6.07) is 14.3. The van der Waals surface area contributed by atoms with E-state index < -0.39 is 11.7 Å². The van der Waals surface area contributed by atoms with Crippen LogP contribution in [-0.2, 0) is 5.66 Å². The number of ether oxygens (including phenoxy) is 2. The lowest BCUT2D eigenvalue weighted by Gasteiger charge is -2.30. The molecule has 2 aromatic carbocycles. The highest BCUT2D eigenvalue weighted by Gasteiger charge is 2.55. The van der Waals surface area contributed by atoms with Gasteiger partial charge in [-0.2, -0.15) is 4.74 Å². The number of hydroxylamine groups is 3. The van der Waals surface area contributed by atoms with Gasteiger partial charge in [-0.05, 0) is 36.8 Å². The fourth-order valence-electron chi connectivity index (χ4n) is 3.55. The maximum absolute atomic E-state index is 13.4. The molecule has 1 N–H and O–H groups in total. The van der Waals surface area contributed by atoms with E-state index in [1.54, 1.807) is 39.3 Å². The molecule has 3 rings (SSSR count). The molecule has 0 saturated heterocycles. The van der Waals surface area contributed by atoms with Crippen LogP contribution in [0.3, 0.4) is 0 Å². The third-order valence-corrected chi connectivity index (χ3v) is 5.06. The van der Waals surface area contributed by atoms with E-state index in [1.165, 1.54) is 0 Å². The first-order valence-electron chi connectivity index (χ1n) is 8.59.